The van der Waals surface area contributed by atoms with Gasteiger partial charge in [0.25, 0.3) is 0 Å². The third-order valence-electron chi connectivity index (χ3n) is 2.40. The molecule has 1 nitrogen and oxygen atoms in total. The number of halogens is 3. The van der Waals surface area contributed by atoms with E-state index in [2.05, 4.69) is 22.6 Å². The minimum atomic E-state index is -1.02. The predicted molar refractivity (Wildman–Crippen MR) is 69.6 cm³/mol. The van der Waals surface area contributed by atoms with Crippen LogP contribution >= 0.6 is 22.6 Å². The van der Waals surface area contributed by atoms with E-state index < -0.39 is 17.7 Å². The minimum absolute atomic E-state index is 0.214. The van der Waals surface area contributed by atoms with Crippen LogP contribution in [-0.4, -0.2) is 5.11 Å². The number of rotatable bonds is 2. The number of benzene rings is 2. The van der Waals surface area contributed by atoms with Crippen LogP contribution in [-0.2, 0) is 0 Å². The van der Waals surface area contributed by atoms with E-state index in [4.69, 9.17) is 0 Å². The fourth-order valence-electron chi connectivity index (χ4n) is 1.61. The van der Waals surface area contributed by atoms with Gasteiger partial charge >= 0.3 is 0 Å². The van der Waals surface area contributed by atoms with Crippen molar-refractivity contribution in [1.82, 2.24) is 0 Å². The first kappa shape index (κ1) is 12.4. The zero-order valence-electron chi connectivity index (χ0n) is 8.70. The van der Waals surface area contributed by atoms with Crippen LogP contribution in [0.4, 0.5) is 8.78 Å². The summed E-state index contributed by atoms with van der Waals surface area (Å²) in [7, 11) is 0. The van der Waals surface area contributed by atoms with Gasteiger partial charge in [0.2, 0.25) is 0 Å². The first-order chi connectivity index (χ1) is 8.08. The molecule has 1 unspecified atom stereocenters. The quantitative estimate of drug-likeness (QED) is 0.823. The van der Waals surface area contributed by atoms with Crippen LogP contribution in [0.25, 0.3) is 0 Å². The van der Waals surface area contributed by atoms with Crippen LogP contribution in [0.1, 0.15) is 17.2 Å². The van der Waals surface area contributed by atoms with Crippen LogP contribution < -0.4 is 0 Å². The molecule has 0 bridgehead atoms. The van der Waals surface area contributed by atoms with Gasteiger partial charge in [-0.3, -0.25) is 0 Å². The molecular weight excluding hydrogens is 337 g/mol. The summed E-state index contributed by atoms with van der Waals surface area (Å²) in [4.78, 5) is 0. The lowest BCUT2D eigenvalue weighted by Gasteiger charge is -2.13. The predicted octanol–water partition coefficient (Wildman–Crippen LogP) is 3.65. The molecule has 88 valence electrons. The Hall–Kier alpha value is -1.01. The van der Waals surface area contributed by atoms with Gasteiger partial charge in [-0.1, -0.05) is 18.2 Å². The van der Waals surface area contributed by atoms with E-state index in [1.165, 1.54) is 0 Å². The highest BCUT2D eigenvalue weighted by atomic mass is 127. The minimum Gasteiger partial charge on any atom is -0.384 e. The lowest BCUT2D eigenvalue weighted by molar-refractivity contribution is 0.218. The maximum Gasteiger partial charge on any atom is 0.126 e. The van der Waals surface area contributed by atoms with Gasteiger partial charge in [-0.2, -0.15) is 0 Å². The first-order valence-corrected chi connectivity index (χ1v) is 6.04. The van der Waals surface area contributed by atoms with E-state index >= 15 is 0 Å². The lowest BCUT2D eigenvalue weighted by atomic mass is 10.0. The highest BCUT2D eigenvalue weighted by Crippen LogP contribution is 2.26. The zero-order chi connectivity index (χ0) is 12.4. The molecule has 2 aromatic rings. The maximum atomic E-state index is 13.1. The van der Waals surface area contributed by atoms with Crippen molar-refractivity contribution >= 4 is 22.6 Å². The fourth-order valence-corrected chi connectivity index (χ4v) is 2.29. The second kappa shape index (κ2) is 5.10. The molecule has 0 saturated carbocycles. The van der Waals surface area contributed by atoms with Crippen LogP contribution in [0, 0.1) is 15.2 Å². The van der Waals surface area contributed by atoms with Crippen molar-refractivity contribution in [3.05, 3.63) is 68.8 Å². The van der Waals surface area contributed by atoms with Crippen molar-refractivity contribution in [3.8, 4) is 0 Å². The first-order valence-electron chi connectivity index (χ1n) is 4.96. The summed E-state index contributed by atoms with van der Waals surface area (Å²) in [5.41, 5.74) is 0.852. The van der Waals surface area contributed by atoms with Crippen molar-refractivity contribution in [2.24, 2.45) is 0 Å². The van der Waals surface area contributed by atoms with E-state index in [0.29, 0.717) is 5.56 Å². The topological polar surface area (TPSA) is 20.2 Å². The maximum absolute atomic E-state index is 13.1. The van der Waals surface area contributed by atoms with Crippen LogP contribution in [0.2, 0.25) is 0 Å². The molecule has 0 aliphatic rings. The molecule has 0 saturated heterocycles. The molecule has 17 heavy (non-hydrogen) atoms. The van der Waals surface area contributed by atoms with Crippen LogP contribution in [0.3, 0.4) is 0 Å². The van der Waals surface area contributed by atoms with Crippen molar-refractivity contribution in [2.75, 3.05) is 0 Å². The molecule has 0 spiro atoms. The summed E-state index contributed by atoms with van der Waals surface area (Å²) >= 11 is 2.07. The average molecular weight is 346 g/mol. The molecule has 0 amide bonds. The van der Waals surface area contributed by atoms with Gasteiger partial charge in [-0.15, -0.1) is 0 Å². The van der Waals surface area contributed by atoms with E-state index in [1.54, 1.807) is 12.1 Å². The second-order valence-corrected chi connectivity index (χ2v) is 4.79. The molecule has 2 rings (SSSR count). The molecule has 2 aromatic carbocycles. The smallest absolute Gasteiger partial charge is 0.126 e. The monoisotopic (exact) mass is 346 g/mol. The van der Waals surface area contributed by atoms with Gasteiger partial charge in [-0.25, -0.2) is 8.78 Å². The Morgan fingerprint density at radius 1 is 1.00 bits per heavy atom. The van der Waals surface area contributed by atoms with Crippen molar-refractivity contribution in [3.63, 3.8) is 0 Å². The van der Waals surface area contributed by atoms with Crippen molar-refractivity contribution < 1.29 is 13.9 Å². The summed E-state index contributed by atoms with van der Waals surface area (Å²) in [6, 6.07) is 10.2. The highest BCUT2D eigenvalue weighted by Gasteiger charge is 2.14. The lowest BCUT2D eigenvalue weighted by Crippen LogP contribution is -2.03. The Kier molecular flexibility index (Phi) is 3.73. The molecular formula is C13H9F2IO. The van der Waals surface area contributed by atoms with Gasteiger partial charge in [-0.05, 0) is 51.9 Å². The number of hydrogen-bond donors (Lipinski definition) is 1. The molecule has 0 aliphatic heterocycles. The Labute approximate surface area is 111 Å². The summed E-state index contributed by atoms with van der Waals surface area (Å²) in [6.07, 6.45) is -1.02. The molecule has 0 fully saturated rings. The third kappa shape index (κ3) is 2.81. The van der Waals surface area contributed by atoms with Gasteiger partial charge in [0.05, 0.1) is 0 Å². The van der Waals surface area contributed by atoms with Crippen LogP contribution in [0.5, 0.6) is 0 Å². The molecule has 0 radical (unpaired) electrons. The van der Waals surface area contributed by atoms with Gasteiger partial charge in [0.1, 0.15) is 17.7 Å². The molecule has 0 aliphatic carbocycles. The summed E-state index contributed by atoms with van der Waals surface area (Å²) in [5, 5.41) is 10.1. The summed E-state index contributed by atoms with van der Waals surface area (Å²) in [5.74, 6) is -1.38. The SMILES string of the molecule is OC(c1cc(F)cc(F)c1)c1ccccc1I. The molecule has 1 atom stereocenters. The molecule has 4 heteroatoms. The van der Waals surface area contributed by atoms with Crippen molar-refractivity contribution in [1.29, 1.82) is 0 Å². The van der Waals surface area contributed by atoms with Crippen LogP contribution in [0.15, 0.2) is 42.5 Å². The number of hydrogen-bond acceptors (Lipinski definition) is 1. The second-order valence-electron chi connectivity index (χ2n) is 3.63. The average Bonchev–Trinajstić information content (AvgIpc) is 2.27. The Balaban J connectivity index is 2.43. The van der Waals surface area contributed by atoms with Gasteiger partial charge in [0, 0.05) is 9.64 Å². The van der Waals surface area contributed by atoms with E-state index in [9.17, 15) is 13.9 Å². The highest BCUT2D eigenvalue weighted by molar-refractivity contribution is 14.1. The molecule has 0 heterocycles. The van der Waals surface area contributed by atoms with Gasteiger partial charge < -0.3 is 5.11 Å². The Morgan fingerprint density at radius 2 is 1.59 bits per heavy atom. The zero-order valence-corrected chi connectivity index (χ0v) is 10.9. The summed E-state index contributed by atoms with van der Waals surface area (Å²) in [6.45, 7) is 0. The van der Waals surface area contributed by atoms with E-state index in [1.807, 2.05) is 12.1 Å². The molecule has 0 aromatic heterocycles. The fraction of sp³-hybridized carbons (Fsp3) is 0.0769. The van der Waals surface area contributed by atoms with E-state index in [0.717, 1.165) is 21.8 Å². The largest absolute Gasteiger partial charge is 0.384 e. The van der Waals surface area contributed by atoms with Crippen molar-refractivity contribution in [2.45, 2.75) is 6.10 Å². The standard InChI is InChI=1S/C13H9F2IO/c14-9-5-8(6-10(15)7-9)13(17)11-3-1-2-4-12(11)16/h1-7,13,17H. The summed E-state index contributed by atoms with van der Waals surface area (Å²) < 4.78 is 27.0. The number of aliphatic hydroxyl groups excluding tert-OH is 1. The number of aliphatic hydroxyl groups is 1. The third-order valence-corrected chi connectivity index (χ3v) is 3.38. The Bertz CT molecular complexity index is 522. The molecule has 1 N–H and O–H groups in total. The normalized spacial score (nSPS) is 12.5. The Morgan fingerprint density at radius 3 is 2.18 bits per heavy atom. The van der Waals surface area contributed by atoms with E-state index in [-0.39, 0.29) is 5.56 Å². The van der Waals surface area contributed by atoms with Gasteiger partial charge in [0.15, 0.2) is 0 Å².